The maximum Gasteiger partial charge on any atom is 0.329 e. The molecule has 3 aromatic rings. The Morgan fingerprint density at radius 2 is 2.00 bits per heavy atom. The Balaban J connectivity index is 1.87. The van der Waals surface area contributed by atoms with E-state index >= 15 is 0 Å². The summed E-state index contributed by atoms with van der Waals surface area (Å²) in [5, 5.41) is 20.2. The second kappa shape index (κ2) is 7.24. The molecule has 0 saturated carbocycles. The molecule has 4 rings (SSSR count). The van der Waals surface area contributed by atoms with Gasteiger partial charge >= 0.3 is 11.9 Å². The number of aromatic nitrogens is 2. The Kier molecular flexibility index (Phi) is 4.85. The van der Waals surface area contributed by atoms with E-state index in [1.165, 1.54) is 0 Å². The molecule has 0 bridgehead atoms. The zero-order chi connectivity index (χ0) is 21.6. The molecule has 0 aliphatic carbocycles. The summed E-state index contributed by atoms with van der Waals surface area (Å²) in [6.45, 7) is 5.45. The van der Waals surface area contributed by atoms with Crippen LogP contribution in [-0.2, 0) is 20.7 Å². The summed E-state index contributed by atoms with van der Waals surface area (Å²) in [6.07, 6.45) is -0.968. The second-order valence-electron chi connectivity index (χ2n) is 8.40. The number of carboxylic acids is 1. The molecule has 9 nitrogen and oxygen atoms in total. The van der Waals surface area contributed by atoms with Gasteiger partial charge in [0.05, 0.1) is 6.10 Å². The minimum atomic E-state index is -1.07. The van der Waals surface area contributed by atoms with E-state index in [4.69, 9.17) is 9.15 Å². The lowest BCUT2D eigenvalue weighted by Crippen LogP contribution is -2.41. The molecule has 158 valence electrons. The average Bonchev–Trinajstić information content (AvgIpc) is 3.20. The predicted molar refractivity (Wildman–Crippen MR) is 108 cm³/mol. The number of fused-ring (bicyclic) bond motifs is 3. The van der Waals surface area contributed by atoms with Gasteiger partial charge in [0.15, 0.2) is 11.4 Å². The molecule has 1 saturated heterocycles. The van der Waals surface area contributed by atoms with Crippen LogP contribution in [0.2, 0.25) is 0 Å². The van der Waals surface area contributed by atoms with E-state index in [-0.39, 0.29) is 31.0 Å². The van der Waals surface area contributed by atoms with Gasteiger partial charge in [0, 0.05) is 18.4 Å². The Morgan fingerprint density at radius 3 is 2.70 bits per heavy atom. The minimum absolute atomic E-state index is 0.0980. The van der Waals surface area contributed by atoms with Gasteiger partial charge in [0.1, 0.15) is 35.0 Å². The standard InChI is InChI=1S/C21H23N3O6/c1-21(2,3)30-20(28)13-8-11(25)10-24(13)19-18-17(22-15(23-19)9-16(26)27)12-6-4-5-7-14(12)29-18/h4-7,11,13,25H,8-10H2,1-3H3,(H,26,27)/t11-,13-/m0/s1. The fourth-order valence-electron chi connectivity index (χ4n) is 3.67. The lowest BCUT2D eigenvalue weighted by atomic mass is 10.1. The summed E-state index contributed by atoms with van der Waals surface area (Å²) in [5.41, 5.74) is 0.693. The van der Waals surface area contributed by atoms with Crippen molar-refractivity contribution in [1.29, 1.82) is 0 Å². The highest BCUT2D eigenvalue weighted by Crippen LogP contribution is 2.36. The number of hydrogen-bond acceptors (Lipinski definition) is 8. The van der Waals surface area contributed by atoms with Crippen molar-refractivity contribution in [2.75, 3.05) is 11.4 Å². The number of hydrogen-bond donors (Lipinski definition) is 2. The monoisotopic (exact) mass is 413 g/mol. The highest BCUT2D eigenvalue weighted by atomic mass is 16.6. The molecule has 1 aliphatic rings. The first-order chi connectivity index (χ1) is 14.1. The quantitative estimate of drug-likeness (QED) is 0.619. The van der Waals surface area contributed by atoms with Gasteiger partial charge in [-0.2, -0.15) is 0 Å². The molecule has 0 unspecified atom stereocenters. The van der Waals surface area contributed by atoms with Crippen LogP contribution in [0.5, 0.6) is 0 Å². The van der Waals surface area contributed by atoms with E-state index in [0.29, 0.717) is 16.7 Å². The number of rotatable bonds is 4. The smallest absolute Gasteiger partial charge is 0.329 e. The maximum atomic E-state index is 12.8. The number of carboxylic acid groups (broad SMARTS) is 1. The van der Waals surface area contributed by atoms with Crippen molar-refractivity contribution in [1.82, 2.24) is 9.97 Å². The largest absolute Gasteiger partial charge is 0.481 e. The van der Waals surface area contributed by atoms with Gasteiger partial charge in [-0.3, -0.25) is 4.79 Å². The Hall–Kier alpha value is -3.20. The number of benzene rings is 1. The maximum absolute atomic E-state index is 12.8. The van der Waals surface area contributed by atoms with Gasteiger partial charge in [0.25, 0.3) is 0 Å². The summed E-state index contributed by atoms with van der Waals surface area (Å²) in [7, 11) is 0. The summed E-state index contributed by atoms with van der Waals surface area (Å²) < 4.78 is 11.5. The highest BCUT2D eigenvalue weighted by molar-refractivity contribution is 6.06. The SMILES string of the molecule is CC(C)(C)OC(=O)[C@@H]1C[C@H](O)CN1c1nc(CC(=O)O)nc2c1oc1ccccc12. The number of β-amino-alcohol motifs (C(OH)–C–C–N with tert-alkyl or cyclic N) is 1. The molecule has 1 aliphatic heterocycles. The van der Waals surface area contributed by atoms with E-state index in [2.05, 4.69) is 9.97 Å². The normalized spacial score (nSPS) is 19.5. The lowest BCUT2D eigenvalue weighted by Gasteiger charge is -2.27. The number of furan rings is 1. The molecule has 0 amide bonds. The van der Waals surface area contributed by atoms with Crippen LogP contribution in [0.3, 0.4) is 0 Å². The third-order valence-electron chi connectivity index (χ3n) is 4.79. The van der Waals surface area contributed by atoms with Crippen LogP contribution in [0.1, 0.15) is 33.0 Å². The molecule has 0 radical (unpaired) electrons. The number of ether oxygens (including phenoxy) is 1. The van der Waals surface area contributed by atoms with Gasteiger partial charge < -0.3 is 24.3 Å². The predicted octanol–water partition coefficient (Wildman–Crippen LogP) is 2.28. The minimum Gasteiger partial charge on any atom is -0.481 e. The molecule has 3 heterocycles. The fraction of sp³-hybridized carbons (Fsp3) is 0.429. The zero-order valence-corrected chi connectivity index (χ0v) is 17.0. The Labute approximate surface area is 172 Å². The number of esters is 1. The van der Waals surface area contributed by atoms with Crippen LogP contribution in [0.15, 0.2) is 28.7 Å². The van der Waals surface area contributed by atoms with Crippen molar-refractivity contribution in [3.8, 4) is 0 Å². The molecule has 0 spiro atoms. The van der Waals surface area contributed by atoms with Crippen molar-refractivity contribution in [3.63, 3.8) is 0 Å². The molecular weight excluding hydrogens is 390 g/mol. The van der Waals surface area contributed by atoms with E-state index < -0.39 is 29.7 Å². The van der Waals surface area contributed by atoms with Crippen molar-refractivity contribution >= 4 is 39.8 Å². The number of carbonyl (C=O) groups excluding carboxylic acids is 1. The van der Waals surface area contributed by atoms with Crippen LogP contribution in [-0.4, -0.2) is 56.4 Å². The first-order valence-corrected chi connectivity index (χ1v) is 9.70. The van der Waals surface area contributed by atoms with Crippen molar-refractivity contribution < 1.29 is 29.0 Å². The molecule has 1 aromatic carbocycles. The molecule has 9 heteroatoms. The number of nitrogens with zero attached hydrogens (tertiary/aromatic N) is 3. The first kappa shape index (κ1) is 20.1. The topological polar surface area (TPSA) is 126 Å². The van der Waals surface area contributed by atoms with Crippen LogP contribution < -0.4 is 4.90 Å². The number of anilines is 1. The summed E-state index contributed by atoms with van der Waals surface area (Å²) in [6, 6.07) is 6.48. The molecule has 2 aromatic heterocycles. The lowest BCUT2D eigenvalue weighted by molar-refractivity contribution is -0.156. The van der Waals surface area contributed by atoms with Gasteiger partial charge in [-0.05, 0) is 32.9 Å². The van der Waals surface area contributed by atoms with Crippen LogP contribution in [0.25, 0.3) is 22.1 Å². The van der Waals surface area contributed by atoms with Crippen molar-refractivity contribution in [2.45, 2.75) is 51.4 Å². The number of aliphatic hydroxyl groups is 1. The summed E-state index contributed by atoms with van der Waals surface area (Å²) >= 11 is 0. The van der Waals surface area contributed by atoms with Gasteiger partial charge in [-0.1, -0.05) is 12.1 Å². The Bertz CT molecular complexity index is 1130. The average molecular weight is 413 g/mol. The fourth-order valence-corrected chi connectivity index (χ4v) is 3.67. The molecule has 1 fully saturated rings. The zero-order valence-electron chi connectivity index (χ0n) is 17.0. The van der Waals surface area contributed by atoms with Crippen LogP contribution in [0, 0.1) is 0 Å². The summed E-state index contributed by atoms with van der Waals surface area (Å²) in [5.74, 6) is -1.18. The third kappa shape index (κ3) is 3.80. The first-order valence-electron chi connectivity index (χ1n) is 9.70. The number of aliphatic hydroxyl groups excluding tert-OH is 1. The highest BCUT2D eigenvalue weighted by Gasteiger charge is 2.41. The van der Waals surface area contributed by atoms with Crippen molar-refractivity contribution in [3.05, 3.63) is 30.1 Å². The van der Waals surface area contributed by atoms with Gasteiger partial charge in [-0.25, -0.2) is 14.8 Å². The van der Waals surface area contributed by atoms with Gasteiger partial charge in [0.2, 0.25) is 0 Å². The van der Waals surface area contributed by atoms with E-state index in [1.807, 2.05) is 18.2 Å². The second-order valence-corrected chi connectivity index (χ2v) is 8.40. The Morgan fingerprint density at radius 1 is 1.27 bits per heavy atom. The van der Waals surface area contributed by atoms with Crippen LogP contribution in [0.4, 0.5) is 5.82 Å². The van der Waals surface area contributed by atoms with Crippen LogP contribution >= 0.6 is 0 Å². The molecule has 2 atom stereocenters. The third-order valence-corrected chi connectivity index (χ3v) is 4.79. The van der Waals surface area contributed by atoms with E-state index in [1.54, 1.807) is 31.7 Å². The molecule has 2 N–H and O–H groups in total. The molecular formula is C21H23N3O6. The molecule has 30 heavy (non-hydrogen) atoms. The summed E-state index contributed by atoms with van der Waals surface area (Å²) in [4.78, 5) is 34.5. The number of para-hydroxylation sites is 1. The van der Waals surface area contributed by atoms with E-state index in [9.17, 15) is 19.8 Å². The van der Waals surface area contributed by atoms with Crippen molar-refractivity contribution in [2.24, 2.45) is 0 Å². The number of aliphatic carboxylic acids is 1. The van der Waals surface area contributed by atoms with E-state index in [0.717, 1.165) is 5.39 Å². The number of carbonyl (C=O) groups is 2. The van der Waals surface area contributed by atoms with Gasteiger partial charge in [-0.15, -0.1) is 0 Å².